The second kappa shape index (κ2) is 3.03. The van der Waals surface area contributed by atoms with Crippen molar-refractivity contribution in [2.75, 3.05) is 7.11 Å². The van der Waals surface area contributed by atoms with Crippen LogP contribution in [0.5, 0.6) is 5.75 Å². The lowest BCUT2D eigenvalue weighted by atomic mass is 10.3. The van der Waals surface area contributed by atoms with E-state index in [9.17, 15) is 0 Å². The average Bonchev–Trinajstić information content (AvgIpc) is 2.46. The highest BCUT2D eigenvalue weighted by atomic mass is 79.9. The van der Waals surface area contributed by atoms with E-state index in [4.69, 9.17) is 4.74 Å². The smallest absolute Gasteiger partial charge is 0.135 e. The van der Waals surface area contributed by atoms with Crippen LogP contribution in [0.3, 0.4) is 0 Å². The summed E-state index contributed by atoms with van der Waals surface area (Å²) in [4.78, 5) is 4.23. The molecule has 0 aliphatic heterocycles. The van der Waals surface area contributed by atoms with Gasteiger partial charge < -0.3 is 9.30 Å². The van der Waals surface area contributed by atoms with Gasteiger partial charge in [0.05, 0.1) is 28.9 Å². The fourth-order valence-electron chi connectivity index (χ4n) is 1.29. The topological polar surface area (TPSA) is 27.1 Å². The Hall–Kier alpha value is -1.03. The molecule has 1 aromatic heterocycles. The average molecular weight is 241 g/mol. The zero-order valence-electron chi connectivity index (χ0n) is 7.41. The molecule has 68 valence electrons. The molecule has 2 rings (SSSR count). The molecule has 0 fully saturated rings. The molecule has 2 aromatic rings. The molecule has 0 radical (unpaired) electrons. The van der Waals surface area contributed by atoms with Crippen molar-refractivity contribution in [3.8, 4) is 5.75 Å². The van der Waals surface area contributed by atoms with Crippen molar-refractivity contribution in [2.24, 2.45) is 7.05 Å². The van der Waals surface area contributed by atoms with Gasteiger partial charge in [-0.1, -0.05) is 0 Å². The quantitative estimate of drug-likeness (QED) is 0.766. The van der Waals surface area contributed by atoms with Gasteiger partial charge in [-0.25, -0.2) is 4.98 Å². The molecule has 0 saturated heterocycles. The van der Waals surface area contributed by atoms with Crippen LogP contribution in [0.25, 0.3) is 11.0 Å². The number of hydrogen-bond donors (Lipinski definition) is 0. The Morgan fingerprint density at radius 3 is 2.92 bits per heavy atom. The van der Waals surface area contributed by atoms with Gasteiger partial charge in [0.15, 0.2) is 0 Å². The summed E-state index contributed by atoms with van der Waals surface area (Å²) in [5.41, 5.74) is 2.04. The summed E-state index contributed by atoms with van der Waals surface area (Å²) in [6.07, 6.45) is 1.79. The van der Waals surface area contributed by atoms with E-state index in [1.807, 2.05) is 23.7 Å². The lowest BCUT2D eigenvalue weighted by Crippen LogP contribution is -1.87. The van der Waals surface area contributed by atoms with Gasteiger partial charge in [-0.3, -0.25) is 0 Å². The second-order valence-electron chi connectivity index (χ2n) is 2.83. The van der Waals surface area contributed by atoms with Crippen LogP contribution in [0.15, 0.2) is 22.9 Å². The standard InChI is InChI=1S/C9H9BrN2O/c1-12-5-11-7-3-6(10)9(13-2)4-8(7)12/h3-5H,1-2H3. The monoisotopic (exact) mass is 240 g/mol. The van der Waals surface area contributed by atoms with Gasteiger partial charge in [0.2, 0.25) is 0 Å². The highest BCUT2D eigenvalue weighted by Gasteiger charge is 2.05. The van der Waals surface area contributed by atoms with E-state index in [0.717, 1.165) is 21.3 Å². The molecule has 0 aliphatic rings. The zero-order valence-corrected chi connectivity index (χ0v) is 9.00. The molecule has 0 saturated carbocycles. The van der Waals surface area contributed by atoms with Crippen molar-refractivity contribution in [3.63, 3.8) is 0 Å². The van der Waals surface area contributed by atoms with Crippen LogP contribution in [-0.4, -0.2) is 16.7 Å². The third kappa shape index (κ3) is 1.31. The third-order valence-electron chi connectivity index (χ3n) is 2.00. The van der Waals surface area contributed by atoms with Gasteiger partial charge in [0.25, 0.3) is 0 Å². The van der Waals surface area contributed by atoms with E-state index in [-0.39, 0.29) is 0 Å². The number of imidazole rings is 1. The number of rotatable bonds is 1. The molecular weight excluding hydrogens is 232 g/mol. The molecule has 0 amide bonds. The van der Waals surface area contributed by atoms with Crippen LogP contribution >= 0.6 is 15.9 Å². The van der Waals surface area contributed by atoms with Crippen LogP contribution in [0, 0.1) is 0 Å². The van der Waals surface area contributed by atoms with Crippen LogP contribution in [-0.2, 0) is 7.05 Å². The Morgan fingerprint density at radius 1 is 1.46 bits per heavy atom. The first-order valence-corrected chi connectivity index (χ1v) is 4.66. The van der Waals surface area contributed by atoms with Crippen LogP contribution in [0.1, 0.15) is 0 Å². The SMILES string of the molecule is COc1cc2c(cc1Br)ncn2C. The molecule has 0 spiro atoms. The normalized spacial score (nSPS) is 10.7. The van der Waals surface area contributed by atoms with E-state index in [0.29, 0.717) is 0 Å². The fourth-order valence-corrected chi connectivity index (χ4v) is 1.78. The van der Waals surface area contributed by atoms with Gasteiger partial charge >= 0.3 is 0 Å². The van der Waals surface area contributed by atoms with E-state index in [2.05, 4.69) is 20.9 Å². The maximum atomic E-state index is 5.19. The number of nitrogens with zero attached hydrogens (tertiary/aromatic N) is 2. The van der Waals surface area contributed by atoms with Gasteiger partial charge in [0.1, 0.15) is 5.75 Å². The molecule has 0 unspecified atom stereocenters. The fraction of sp³-hybridized carbons (Fsp3) is 0.222. The number of hydrogen-bond acceptors (Lipinski definition) is 2. The summed E-state index contributed by atoms with van der Waals surface area (Å²) in [5.74, 6) is 0.830. The Kier molecular flexibility index (Phi) is 2.00. The molecule has 0 atom stereocenters. The van der Waals surface area contributed by atoms with Crippen molar-refractivity contribution >= 4 is 27.0 Å². The molecular formula is C9H9BrN2O. The van der Waals surface area contributed by atoms with E-state index in [1.165, 1.54) is 0 Å². The summed E-state index contributed by atoms with van der Waals surface area (Å²) in [5, 5.41) is 0. The Morgan fingerprint density at radius 2 is 2.23 bits per heavy atom. The molecule has 0 bridgehead atoms. The van der Waals surface area contributed by atoms with Crippen molar-refractivity contribution < 1.29 is 4.74 Å². The van der Waals surface area contributed by atoms with E-state index in [1.54, 1.807) is 13.4 Å². The first kappa shape index (κ1) is 8.56. The predicted octanol–water partition coefficient (Wildman–Crippen LogP) is 2.34. The number of aryl methyl sites for hydroxylation is 1. The lowest BCUT2D eigenvalue weighted by Gasteiger charge is -2.03. The summed E-state index contributed by atoms with van der Waals surface area (Å²) < 4.78 is 8.08. The van der Waals surface area contributed by atoms with Crippen LogP contribution in [0.2, 0.25) is 0 Å². The summed E-state index contributed by atoms with van der Waals surface area (Å²) >= 11 is 3.41. The Bertz CT molecular complexity index is 450. The third-order valence-corrected chi connectivity index (χ3v) is 2.62. The number of halogens is 1. The number of benzene rings is 1. The number of fused-ring (bicyclic) bond motifs is 1. The molecule has 4 heteroatoms. The van der Waals surface area contributed by atoms with Crippen LogP contribution < -0.4 is 4.74 Å². The molecule has 0 N–H and O–H groups in total. The van der Waals surface area contributed by atoms with Crippen LogP contribution in [0.4, 0.5) is 0 Å². The lowest BCUT2D eigenvalue weighted by molar-refractivity contribution is 0.412. The summed E-state index contributed by atoms with van der Waals surface area (Å²) in [7, 11) is 3.62. The van der Waals surface area contributed by atoms with Gasteiger partial charge in [-0.15, -0.1) is 0 Å². The van der Waals surface area contributed by atoms with E-state index >= 15 is 0 Å². The first-order chi connectivity index (χ1) is 6.22. The molecule has 1 heterocycles. The minimum absolute atomic E-state index is 0.830. The van der Waals surface area contributed by atoms with E-state index < -0.39 is 0 Å². The highest BCUT2D eigenvalue weighted by Crippen LogP contribution is 2.29. The van der Waals surface area contributed by atoms with Gasteiger partial charge in [-0.2, -0.15) is 0 Å². The minimum atomic E-state index is 0.830. The van der Waals surface area contributed by atoms with Crippen molar-refractivity contribution in [3.05, 3.63) is 22.9 Å². The summed E-state index contributed by atoms with van der Waals surface area (Å²) in [6, 6.07) is 3.92. The van der Waals surface area contributed by atoms with Crippen molar-refractivity contribution in [2.45, 2.75) is 0 Å². The second-order valence-corrected chi connectivity index (χ2v) is 3.69. The number of aromatic nitrogens is 2. The number of methoxy groups -OCH3 is 1. The molecule has 13 heavy (non-hydrogen) atoms. The summed E-state index contributed by atoms with van der Waals surface area (Å²) in [6.45, 7) is 0. The maximum Gasteiger partial charge on any atom is 0.135 e. The largest absolute Gasteiger partial charge is 0.495 e. The van der Waals surface area contributed by atoms with Crippen molar-refractivity contribution in [1.29, 1.82) is 0 Å². The molecule has 3 nitrogen and oxygen atoms in total. The Labute approximate surface area is 84.5 Å². The molecule has 0 aliphatic carbocycles. The first-order valence-electron chi connectivity index (χ1n) is 3.87. The maximum absolute atomic E-state index is 5.19. The highest BCUT2D eigenvalue weighted by molar-refractivity contribution is 9.10. The minimum Gasteiger partial charge on any atom is -0.495 e. The zero-order chi connectivity index (χ0) is 9.42. The van der Waals surface area contributed by atoms with Gasteiger partial charge in [0, 0.05) is 13.1 Å². The van der Waals surface area contributed by atoms with Gasteiger partial charge in [-0.05, 0) is 22.0 Å². The predicted molar refractivity (Wildman–Crippen MR) is 55.0 cm³/mol. The molecule has 1 aromatic carbocycles. The van der Waals surface area contributed by atoms with Crippen molar-refractivity contribution in [1.82, 2.24) is 9.55 Å². The Balaban J connectivity index is 2.77. The number of ether oxygens (including phenoxy) is 1.